The first kappa shape index (κ1) is 9.47. The second-order valence-electron chi connectivity index (χ2n) is 2.74. The highest BCUT2D eigenvalue weighted by Gasteiger charge is 2.08. The van der Waals surface area contributed by atoms with Gasteiger partial charge in [-0.05, 0) is 6.42 Å². The SMILES string of the molecule is CCCCC[C@H](C)C(=O)O. The number of rotatable bonds is 5. The van der Waals surface area contributed by atoms with Crippen molar-refractivity contribution in [2.24, 2.45) is 5.92 Å². The van der Waals surface area contributed by atoms with Gasteiger partial charge in [0.2, 0.25) is 0 Å². The molecule has 1 atom stereocenters. The molecule has 0 saturated carbocycles. The molecule has 0 bridgehead atoms. The number of carboxylic acid groups (broad SMARTS) is 1. The molecule has 0 heterocycles. The monoisotopic (exact) mass is 144 g/mol. The quantitative estimate of drug-likeness (QED) is 0.601. The summed E-state index contributed by atoms with van der Waals surface area (Å²) in [5, 5.41) is 8.48. The largest absolute Gasteiger partial charge is 0.481 e. The second kappa shape index (κ2) is 5.27. The van der Waals surface area contributed by atoms with Crippen molar-refractivity contribution in [3.63, 3.8) is 0 Å². The van der Waals surface area contributed by atoms with Gasteiger partial charge in [0.05, 0.1) is 5.92 Å². The minimum absolute atomic E-state index is 0.161. The van der Waals surface area contributed by atoms with Gasteiger partial charge in [-0.1, -0.05) is 33.1 Å². The van der Waals surface area contributed by atoms with Crippen LogP contribution in [0.1, 0.15) is 39.5 Å². The van der Waals surface area contributed by atoms with Crippen molar-refractivity contribution >= 4 is 5.97 Å². The van der Waals surface area contributed by atoms with Gasteiger partial charge in [-0.3, -0.25) is 4.79 Å². The fraction of sp³-hybridized carbons (Fsp3) is 0.875. The normalized spacial score (nSPS) is 13.0. The van der Waals surface area contributed by atoms with Crippen LogP contribution < -0.4 is 0 Å². The van der Waals surface area contributed by atoms with Crippen molar-refractivity contribution < 1.29 is 9.90 Å². The molecule has 0 aliphatic rings. The third-order valence-corrected chi connectivity index (χ3v) is 1.66. The molecule has 0 aromatic carbocycles. The highest BCUT2D eigenvalue weighted by molar-refractivity contribution is 5.69. The van der Waals surface area contributed by atoms with Gasteiger partial charge in [-0.2, -0.15) is 0 Å². The highest BCUT2D eigenvalue weighted by atomic mass is 16.4. The number of hydrogen-bond acceptors (Lipinski definition) is 1. The van der Waals surface area contributed by atoms with E-state index in [1.54, 1.807) is 6.92 Å². The van der Waals surface area contributed by atoms with Crippen LogP contribution in [0.15, 0.2) is 0 Å². The maximum atomic E-state index is 10.3. The molecule has 0 aromatic rings. The molecule has 0 saturated heterocycles. The van der Waals surface area contributed by atoms with Gasteiger partial charge in [-0.15, -0.1) is 0 Å². The van der Waals surface area contributed by atoms with Crippen molar-refractivity contribution in [2.75, 3.05) is 0 Å². The lowest BCUT2D eigenvalue weighted by atomic mass is 10.0. The Morgan fingerprint density at radius 2 is 2.10 bits per heavy atom. The van der Waals surface area contributed by atoms with Crippen LogP contribution in [0.2, 0.25) is 0 Å². The second-order valence-corrected chi connectivity index (χ2v) is 2.74. The third kappa shape index (κ3) is 4.36. The summed E-state index contributed by atoms with van der Waals surface area (Å²) in [6, 6.07) is 0. The summed E-state index contributed by atoms with van der Waals surface area (Å²) in [6.45, 7) is 3.88. The predicted molar refractivity (Wildman–Crippen MR) is 40.9 cm³/mol. The Labute approximate surface area is 62.2 Å². The molecule has 10 heavy (non-hydrogen) atoms. The molecule has 0 fully saturated rings. The van der Waals surface area contributed by atoms with Crippen molar-refractivity contribution in [1.82, 2.24) is 0 Å². The van der Waals surface area contributed by atoms with Gasteiger partial charge < -0.3 is 5.11 Å². The lowest BCUT2D eigenvalue weighted by Gasteiger charge is -2.03. The first-order valence-electron chi connectivity index (χ1n) is 3.91. The molecular formula is C8H16O2. The van der Waals surface area contributed by atoms with E-state index in [9.17, 15) is 4.79 Å². The molecule has 0 aromatic heterocycles. The average Bonchev–Trinajstić information content (AvgIpc) is 1.88. The summed E-state index contributed by atoms with van der Waals surface area (Å²) >= 11 is 0. The van der Waals surface area contributed by atoms with Crippen LogP contribution in [0.5, 0.6) is 0 Å². The Bertz CT molecular complexity index is 99.4. The molecule has 1 N–H and O–H groups in total. The van der Waals surface area contributed by atoms with Crippen LogP contribution >= 0.6 is 0 Å². The van der Waals surface area contributed by atoms with E-state index < -0.39 is 5.97 Å². The number of aliphatic carboxylic acids is 1. The Kier molecular flexibility index (Phi) is 4.99. The van der Waals surface area contributed by atoms with E-state index in [4.69, 9.17) is 5.11 Å². The lowest BCUT2D eigenvalue weighted by Crippen LogP contribution is -2.08. The fourth-order valence-corrected chi connectivity index (χ4v) is 0.824. The standard InChI is InChI=1S/C8H16O2/c1-3-4-5-6-7(2)8(9)10/h7H,3-6H2,1-2H3,(H,9,10)/t7-/m0/s1. The molecule has 2 heteroatoms. The lowest BCUT2D eigenvalue weighted by molar-refractivity contribution is -0.141. The number of unbranched alkanes of at least 4 members (excludes halogenated alkanes) is 2. The first-order valence-corrected chi connectivity index (χ1v) is 3.91. The molecule has 0 aliphatic heterocycles. The van der Waals surface area contributed by atoms with E-state index in [0.29, 0.717) is 0 Å². The van der Waals surface area contributed by atoms with E-state index in [0.717, 1.165) is 25.7 Å². The smallest absolute Gasteiger partial charge is 0.306 e. The van der Waals surface area contributed by atoms with E-state index in [1.807, 2.05) is 0 Å². The molecule has 0 rings (SSSR count). The first-order chi connectivity index (χ1) is 4.68. The van der Waals surface area contributed by atoms with Crippen LogP contribution in [0, 0.1) is 5.92 Å². The van der Waals surface area contributed by atoms with Gasteiger partial charge in [0.15, 0.2) is 0 Å². The van der Waals surface area contributed by atoms with Crippen LogP contribution in [-0.2, 0) is 4.79 Å². The maximum Gasteiger partial charge on any atom is 0.306 e. The molecule has 0 aliphatic carbocycles. The van der Waals surface area contributed by atoms with Crippen molar-refractivity contribution in [3.05, 3.63) is 0 Å². The van der Waals surface area contributed by atoms with Crippen LogP contribution in [-0.4, -0.2) is 11.1 Å². The van der Waals surface area contributed by atoms with Gasteiger partial charge in [0, 0.05) is 0 Å². The Balaban J connectivity index is 3.21. The van der Waals surface area contributed by atoms with Gasteiger partial charge in [0.25, 0.3) is 0 Å². The predicted octanol–water partition coefficient (Wildman–Crippen LogP) is 2.29. The summed E-state index contributed by atoms with van der Waals surface area (Å²) in [4.78, 5) is 10.3. The van der Waals surface area contributed by atoms with Gasteiger partial charge in [-0.25, -0.2) is 0 Å². The number of hydrogen-bond donors (Lipinski definition) is 1. The molecule has 0 spiro atoms. The summed E-state index contributed by atoms with van der Waals surface area (Å²) in [6.07, 6.45) is 4.18. The number of carbonyl (C=O) groups is 1. The van der Waals surface area contributed by atoms with E-state index in [-0.39, 0.29) is 5.92 Å². The number of carboxylic acids is 1. The Morgan fingerprint density at radius 3 is 2.50 bits per heavy atom. The van der Waals surface area contributed by atoms with Crippen LogP contribution in [0.3, 0.4) is 0 Å². The minimum Gasteiger partial charge on any atom is -0.481 e. The molecular weight excluding hydrogens is 128 g/mol. The van der Waals surface area contributed by atoms with Crippen molar-refractivity contribution in [1.29, 1.82) is 0 Å². The van der Waals surface area contributed by atoms with E-state index in [1.165, 1.54) is 0 Å². The summed E-state index contributed by atoms with van der Waals surface area (Å²) in [7, 11) is 0. The molecule has 0 unspecified atom stereocenters. The maximum absolute atomic E-state index is 10.3. The van der Waals surface area contributed by atoms with E-state index >= 15 is 0 Å². The van der Waals surface area contributed by atoms with Crippen molar-refractivity contribution in [2.45, 2.75) is 39.5 Å². The summed E-state index contributed by atoms with van der Waals surface area (Å²) in [5.74, 6) is -0.831. The zero-order valence-electron chi connectivity index (χ0n) is 6.76. The van der Waals surface area contributed by atoms with Gasteiger partial charge >= 0.3 is 5.97 Å². The fourth-order valence-electron chi connectivity index (χ4n) is 0.824. The van der Waals surface area contributed by atoms with Crippen LogP contribution in [0.25, 0.3) is 0 Å². The Hall–Kier alpha value is -0.530. The molecule has 0 amide bonds. The zero-order valence-corrected chi connectivity index (χ0v) is 6.76. The zero-order chi connectivity index (χ0) is 7.98. The highest BCUT2D eigenvalue weighted by Crippen LogP contribution is 2.08. The third-order valence-electron chi connectivity index (χ3n) is 1.66. The molecule has 2 nitrogen and oxygen atoms in total. The van der Waals surface area contributed by atoms with Crippen LogP contribution in [0.4, 0.5) is 0 Å². The minimum atomic E-state index is -0.670. The molecule has 60 valence electrons. The molecule has 0 radical (unpaired) electrons. The van der Waals surface area contributed by atoms with Crippen molar-refractivity contribution in [3.8, 4) is 0 Å². The van der Waals surface area contributed by atoms with Gasteiger partial charge in [0.1, 0.15) is 0 Å². The Morgan fingerprint density at radius 1 is 1.50 bits per heavy atom. The van der Waals surface area contributed by atoms with E-state index in [2.05, 4.69) is 6.92 Å². The summed E-state index contributed by atoms with van der Waals surface area (Å²) < 4.78 is 0. The average molecular weight is 144 g/mol. The summed E-state index contributed by atoms with van der Waals surface area (Å²) in [5.41, 5.74) is 0. The topological polar surface area (TPSA) is 37.3 Å².